The zero-order valence-corrected chi connectivity index (χ0v) is 10.3. The van der Waals surface area contributed by atoms with Crippen LogP contribution < -0.4 is 4.72 Å². The molecule has 1 N–H and O–H groups in total. The highest BCUT2D eigenvalue weighted by Crippen LogP contribution is 2.64. The van der Waals surface area contributed by atoms with Gasteiger partial charge in [0.15, 0.2) is 0 Å². The summed E-state index contributed by atoms with van der Waals surface area (Å²) >= 11 is 7.32. The fourth-order valence-corrected chi connectivity index (χ4v) is 5.68. The number of sulfonamides is 1. The molecule has 2 bridgehead atoms. The van der Waals surface area contributed by atoms with Crippen molar-refractivity contribution in [2.45, 2.75) is 33.9 Å². The topological polar surface area (TPSA) is 46.2 Å². The van der Waals surface area contributed by atoms with Gasteiger partial charge in [0.2, 0.25) is 0 Å². The molecule has 3 saturated carbocycles. The summed E-state index contributed by atoms with van der Waals surface area (Å²) in [4.78, 5) is -0.0992. The van der Waals surface area contributed by atoms with Crippen LogP contribution in [0.15, 0.2) is 21.7 Å². The van der Waals surface area contributed by atoms with Crippen LogP contribution in [0.3, 0.4) is 0 Å². The van der Waals surface area contributed by atoms with Crippen LogP contribution in [0.1, 0.15) is 19.3 Å². The molecule has 3 aliphatic carbocycles. The molecule has 0 atom stereocenters. The fourth-order valence-electron chi connectivity index (χ4n) is 2.52. The van der Waals surface area contributed by atoms with Gasteiger partial charge in [-0.15, -0.1) is 22.9 Å². The van der Waals surface area contributed by atoms with Crippen LogP contribution in [-0.2, 0) is 10.0 Å². The molecule has 0 aromatic carbocycles. The van der Waals surface area contributed by atoms with Gasteiger partial charge in [-0.25, -0.2) is 13.1 Å². The Morgan fingerprint density at radius 3 is 2.53 bits per heavy atom. The number of hydrogen-bond acceptors (Lipinski definition) is 3. The molecule has 82 valence electrons. The largest absolute Gasteiger partial charge is 0.250 e. The van der Waals surface area contributed by atoms with E-state index < -0.39 is 10.0 Å². The zero-order chi connectivity index (χ0) is 10.7. The monoisotopic (exact) mass is 263 g/mol. The minimum absolute atomic E-state index is 0.0992. The molecule has 0 amide bonds. The predicted molar refractivity (Wildman–Crippen MR) is 59.8 cm³/mol. The van der Waals surface area contributed by atoms with Crippen LogP contribution in [0.5, 0.6) is 0 Å². The van der Waals surface area contributed by atoms with Gasteiger partial charge in [-0.05, 0) is 30.7 Å². The normalized spacial score (nSPS) is 38.2. The van der Waals surface area contributed by atoms with Gasteiger partial charge in [-0.3, -0.25) is 0 Å². The van der Waals surface area contributed by atoms with Crippen LogP contribution in [-0.4, -0.2) is 18.8 Å². The van der Waals surface area contributed by atoms with Crippen molar-refractivity contribution in [3.05, 3.63) is 17.5 Å². The van der Waals surface area contributed by atoms with Gasteiger partial charge in [-0.2, -0.15) is 0 Å². The minimum Gasteiger partial charge on any atom is -0.206 e. The predicted octanol–water partition coefficient (Wildman–Crippen LogP) is 1.94. The van der Waals surface area contributed by atoms with Crippen molar-refractivity contribution in [2.75, 3.05) is 0 Å². The summed E-state index contributed by atoms with van der Waals surface area (Å²) < 4.78 is 26.9. The van der Waals surface area contributed by atoms with E-state index in [2.05, 4.69) is 4.72 Å². The Morgan fingerprint density at radius 1 is 1.40 bits per heavy atom. The van der Waals surface area contributed by atoms with Crippen LogP contribution in [0.2, 0.25) is 0 Å². The molecule has 4 rings (SSSR count). The van der Waals surface area contributed by atoms with Crippen molar-refractivity contribution < 1.29 is 8.42 Å². The number of nitrogens with one attached hydrogen (secondary N) is 1. The van der Waals surface area contributed by atoms with Crippen molar-refractivity contribution in [1.82, 2.24) is 4.72 Å². The third-order valence-electron chi connectivity index (χ3n) is 3.08. The second-order valence-corrected chi connectivity index (χ2v) is 8.16. The van der Waals surface area contributed by atoms with Crippen LogP contribution >= 0.6 is 22.9 Å². The van der Waals surface area contributed by atoms with Crippen molar-refractivity contribution in [1.29, 1.82) is 0 Å². The van der Waals surface area contributed by atoms with E-state index in [1.165, 1.54) is 11.3 Å². The number of alkyl halides is 1. The highest BCUT2D eigenvalue weighted by atomic mass is 35.5. The molecule has 0 spiro atoms. The lowest BCUT2D eigenvalue weighted by Crippen LogP contribution is -2.76. The van der Waals surface area contributed by atoms with Crippen molar-refractivity contribution in [3.8, 4) is 0 Å². The molecule has 0 saturated heterocycles. The zero-order valence-electron chi connectivity index (χ0n) is 7.86. The van der Waals surface area contributed by atoms with E-state index in [0.29, 0.717) is 4.21 Å². The summed E-state index contributed by atoms with van der Waals surface area (Å²) in [7, 11) is -3.31. The number of hydrogen-bond donors (Lipinski definition) is 1. The number of rotatable bonds is 3. The molecule has 3 nitrogen and oxygen atoms in total. The van der Waals surface area contributed by atoms with Crippen molar-refractivity contribution in [2.24, 2.45) is 0 Å². The number of halogens is 1. The maximum absolute atomic E-state index is 11.9. The van der Waals surface area contributed by atoms with Crippen LogP contribution in [0.4, 0.5) is 0 Å². The van der Waals surface area contributed by atoms with E-state index in [1.807, 2.05) is 0 Å². The summed E-state index contributed by atoms with van der Waals surface area (Å²) in [5.41, 5.74) is -0.232. The maximum atomic E-state index is 11.9. The first kappa shape index (κ1) is 10.1. The van der Waals surface area contributed by atoms with E-state index in [9.17, 15) is 8.42 Å². The lowest BCUT2D eigenvalue weighted by atomic mass is 9.49. The van der Waals surface area contributed by atoms with E-state index >= 15 is 0 Å². The highest BCUT2D eigenvalue weighted by Gasteiger charge is 2.68. The van der Waals surface area contributed by atoms with Gasteiger partial charge in [0.1, 0.15) is 4.21 Å². The van der Waals surface area contributed by atoms with Crippen LogP contribution in [0.25, 0.3) is 0 Å². The average molecular weight is 264 g/mol. The third kappa shape index (κ3) is 1.45. The second kappa shape index (κ2) is 2.77. The molecule has 6 heteroatoms. The summed E-state index contributed by atoms with van der Waals surface area (Å²) in [6.45, 7) is 0. The van der Waals surface area contributed by atoms with Gasteiger partial charge < -0.3 is 0 Å². The summed E-state index contributed by atoms with van der Waals surface area (Å²) in [6, 6.07) is 3.36. The highest BCUT2D eigenvalue weighted by molar-refractivity contribution is 7.91. The molecule has 1 aromatic rings. The van der Waals surface area contributed by atoms with Crippen molar-refractivity contribution in [3.63, 3.8) is 0 Å². The standard InChI is InChI=1S/C9H10ClNO2S2/c10-8-4-9(5-8,6-8)11-15(12,13)7-2-1-3-14-7/h1-3,11H,4-6H2. The minimum atomic E-state index is -3.31. The summed E-state index contributed by atoms with van der Waals surface area (Å²) in [5.74, 6) is 0. The second-order valence-electron chi connectivity index (χ2n) is 4.50. The summed E-state index contributed by atoms with van der Waals surface area (Å²) in [6.07, 6.45) is 2.31. The SMILES string of the molecule is O=S(=O)(NC12CC(Cl)(C1)C2)c1cccs1. The van der Waals surface area contributed by atoms with E-state index in [-0.39, 0.29) is 10.4 Å². The lowest BCUT2D eigenvalue weighted by molar-refractivity contribution is -0.00435. The molecular formula is C9H10ClNO2S2. The smallest absolute Gasteiger partial charge is 0.206 e. The fraction of sp³-hybridized carbons (Fsp3) is 0.556. The Labute approximate surface area is 97.5 Å². The van der Waals surface area contributed by atoms with Crippen LogP contribution in [0, 0.1) is 0 Å². The molecule has 3 aliphatic rings. The van der Waals surface area contributed by atoms with Gasteiger partial charge in [-0.1, -0.05) is 6.07 Å². The van der Waals surface area contributed by atoms with Gasteiger partial charge in [0.25, 0.3) is 10.0 Å². The molecular weight excluding hydrogens is 254 g/mol. The molecule has 1 aromatic heterocycles. The first-order valence-corrected chi connectivity index (χ1v) is 7.44. The molecule has 15 heavy (non-hydrogen) atoms. The Hall–Kier alpha value is -0.100. The Morgan fingerprint density at radius 2 is 2.07 bits per heavy atom. The maximum Gasteiger partial charge on any atom is 0.250 e. The Balaban J connectivity index is 1.80. The lowest BCUT2D eigenvalue weighted by Gasteiger charge is -2.67. The third-order valence-corrected chi connectivity index (χ3v) is 6.45. The first-order chi connectivity index (χ1) is 6.93. The Kier molecular flexibility index (Phi) is 1.86. The average Bonchev–Trinajstić information content (AvgIpc) is 2.50. The van der Waals surface area contributed by atoms with Gasteiger partial charge >= 0.3 is 0 Å². The van der Waals surface area contributed by atoms with Crippen molar-refractivity contribution >= 4 is 33.0 Å². The van der Waals surface area contributed by atoms with Gasteiger partial charge in [0.05, 0.1) is 4.87 Å². The van der Waals surface area contributed by atoms with E-state index in [1.54, 1.807) is 17.5 Å². The Bertz CT molecular complexity index is 474. The van der Waals surface area contributed by atoms with E-state index in [0.717, 1.165) is 19.3 Å². The van der Waals surface area contributed by atoms with E-state index in [4.69, 9.17) is 11.6 Å². The number of thiophene rings is 1. The quantitative estimate of drug-likeness (QED) is 0.848. The summed E-state index contributed by atoms with van der Waals surface area (Å²) in [5, 5.41) is 1.76. The molecule has 0 radical (unpaired) electrons. The first-order valence-electron chi connectivity index (χ1n) is 4.70. The molecule has 1 heterocycles. The molecule has 0 aliphatic heterocycles. The molecule has 0 unspecified atom stereocenters. The molecule has 3 fully saturated rings. The van der Waals surface area contributed by atoms with Gasteiger partial charge in [0, 0.05) is 5.54 Å².